The smallest absolute Gasteiger partial charge is 0.221 e. The van der Waals surface area contributed by atoms with Gasteiger partial charge in [-0.3, -0.25) is 4.79 Å². The van der Waals surface area contributed by atoms with Gasteiger partial charge in [0, 0.05) is 12.0 Å². The molecule has 0 aliphatic rings. The molecular weight excluding hydrogens is 207 g/mol. The van der Waals surface area contributed by atoms with Gasteiger partial charge in [0.1, 0.15) is 5.82 Å². The van der Waals surface area contributed by atoms with Crippen LogP contribution in [0.15, 0.2) is 24.3 Å². The van der Waals surface area contributed by atoms with Crippen LogP contribution in [0.2, 0.25) is 0 Å². The first-order valence-corrected chi connectivity index (χ1v) is 4.73. The maximum atomic E-state index is 13.3. The monoisotopic (exact) mass is 218 g/mol. The Kier molecular flexibility index (Phi) is 4.22. The Morgan fingerprint density at radius 2 is 2.31 bits per heavy atom. The molecule has 0 unspecified atom stereocenters. The van der Waals surface area contributed by atoms with Crippen molar-refractivity contribution in [3.05, 3.63) is 41.2 Å². The van der Waals surface area contributed by atoms with Gasteiger partial charge in [0.15, 0.2) is 0 Å². The van der Waals surface area contributed by atoms with Gasteiger partial charge in [-0.05, 0) is 11.6 Å². The van der Waals surface area contributed by atoms with Crippen LogP contribution in [0, 0.1) is 17.1 Å². The van der Waals surface area contributed by atoms with Gasteiger partial charge >= 0.3 is 0 Å². The van der Waals surface area contributed by atoms with E-state index in [0.29, 0.717) is 11.1 Å². The summed E-state index contributed by atoms with van der Waals surface area (Å²) in [6, 6.07) is 6.45. The summed E-state index contributed by atoms with van der Waals surface area (Å²) in [6.07, 6.45) is 3.36. The van der Waals surface area contributed by atoms with Crippen LogP contribution in [0.25, 0.3) is 6.08 Å². The number of rotatable bonds is 4. The zero-order valence-corrected chi connectivity index (χ0v) is 8.61. The number of carbonyl (C=O) groups excluding carboxylic acids is 1. The van der Waals surface area contributed by atoms with Crippen molar-refractivity contribution in [2.45, 2.75) is 12.8 Å². The molecule has 3 nitrogen and oxygen atoms in total. The minimum atomic E-state index is -0.433. The Labute approximate surface area is 93.0 Å². The topological polar surface area (TPSA) is 66.9 Å². The molecule has 1 aromatic rings. The summed E-state index contributed by atoms with van der Waals surface area (Å²) in [7, 11) is 0. The standard InChI is InChI=1S/C12H11FN2O/c13-11-8-9(2-1-3-12(15)16)4-5-10(11)6-7-14/h1-2,4-5,8H,3,6H2,(H2,15,16). The second-order valence-corrected chi connectivity index (χ2v) is 3.26. The fourth-order valence-corrected chi connectivity index (χ4v) is 1.21. The lowest BCUT2D eigenvalue weighted by atomic mass is 10.1. The molecule has 82 valence electrons. The molecule has 16 heavy (non-hydrogen) atoms. The summed E-state index contributed by atoms with van der Waals surface area (Å²) < 4.78 is 13.3. The van der Waals surface area contributed by atoms with Gasteiger partial charge in [-0.1, -0.05) is 24.3 Å². The first kappa shape index (κ1) is 11.9. The van der Waals surface area contributed by atoms with Crippen LogP contribution in [0.5, 0.6) is 0 Å². The van der Waals surface area contributed by atoms with Crippen molar-refractivity contribution >= 4 is 12.0 Å². The van der Waals surface area contributed by atoms with Gasteiger partial charge < -0.3 is 5.73 Å². The van der Waals surface area contributed by atoms with E-state index in [-0.39, 0.29) is 12.8 Å². The Morgan fingerprint density at radius 3 is 2.88 bits per heavy atom. The number of carbonyl (C=O) groups is 1. The fraction of sp³-hybridized carbons (Fsp3) is 0.167. The van der Waals surface area contributed by atoms with Crippen LogP contribution >= 0.6 is 0 Å². The highest BCUT2D eigenvalue weighted by atomic mass is 19.1. The molecule has 0 spiro atoms. The summed E-state index contributed by atoms with van der Waals surface area (Å²) in [5.41, 5.74) is 5.96. The van der Waals surface area contributed by atoms with Crippen LogP contribution < -0.4 is 5.73 Å². The van der Waals surface area contributed by atoms with Crippen LogP contribution in [0.3, 0.4) is 0 Å². The molecule has 0 fully saturated rings. The zero-order chi connectivity index (χ0) is 12.0. The number of amides is 1. The van der Waals surface area contributed by atoms with Crippen LogP contribution in [0.1, 0.15) is 17.5 Å². The maximum absolute atomic E-state index is 13.3. The maximum Gasteiger partial charge on any atom is 0.221 e. The van der Waals surface area contributed by atoms with Crippen molar-refractivity contribution in [2.75, 3.05) is 0 Å². The molecule has 4 heteroatoms. The molecule has 0 aliphatic heterocycles. The molecule has 1 aromatic carbocycles. The lowest BCUT2D eigenvalue weighted by Gasteiger charge is -1.99. The van der Waals surface area contributed by atoms with E-state index in [4.69, 9.17) is 11.0 Å². The third kappa shape index (κ3) is 3.54. The molecule has 2 N–H and O–H groups in total. The number of nitriles is 1. The van der Waals surface area contributed by atoms with Crippen molar-refractivity contribution < 1.29 is 9.18 Å². The molecule has 0 saturated carbocycles. The lowest BCUT2D eigenvalue weighted by Crippen LogP contribution is -2.07. The number of nitrogens with zero attached hydrogens (tertiary/aromatic N) is 1. The zero-order valence-electron chi connectivity index (χ0n) is 8.61. The van der Waals surface area contributed by atoms with Gasteiger partial charge in [0.05, 0.1) is 12.5 Å². The normalized spacial score (nSPS) is 10.2. The summed E-state index contributed by atoms with van der Waals surface area (Å²) in [5, 5.41) is 8.43. The molecule has 1 amide bonds. The van der Waals surface area contributed by atoms with Crippen molar-refractivity contribution in [2.24, 2.45) is 5.73 Å². The average Bonchev–Trinajstić information content (AvgIpc) is 2.21. The van der Waals surface area contributed by atoms with Crippen LogP contribution in [0.4, 0.5) is 4.39 Å². The molecule has 0 radical (unpaired) electrons. The molecule has 0 aromatic heterocycles. The highest BCUT2D eigenvalue weighted by Crippen LogP contribution is 2.12. The molecule has 0 aliphatic carbocycles. The third-order valence-electron chi connectivity index (χ3n) is 1.98. The Balaban J connectivity index is 2.77. The highest BCUT2D eigenvalue weighted by molar-refractivity contribution is 5.76. The number of halogens is 1. The number of benzene rings is 1. The van der Waals surface area contributed by atoms with Gasteiger partial charge in [0.2, 0.25) is 5.91 Å². The Hall–Kier alpha value is -2.15. The quantitative estimate of drug-likeness (QED) is 0.837. The summed E-state index contributed by atoms with van der Waals surface area (Å²) in [5.74, 6) is -0.847. The van der Waals surface area contributed by atoms with Crippen molar-refractivity contribution in [3.8, 4) is 6.07 Å². The van der Waals surface area contributed by atoms with E-state index in [0.717, 1.165) is 0 Å². The van der Waals surface area contributed by atoms with Crippen LogP contribution in [-0.4, -0.2) is 5.91 Å². The van der Waals surface area contributed by atoms with Gasteiger partial charge in [0.25, 0.3) is 0 Å². The van der Waals surface area contributed by atoms with E-state index in [9.17, 15) is 9.18 Å². The van der Waals surface area contributed by atoms with E-state index in [1.54, 1.807) is 24.3 Å². The van der Waals surface area contributed by atoms with E-state index >= 15 is 0 Å². The number of hydrogen-bond donors (Lipinski definition) is 1. The number of hydrogen-bond acceptors (Lipinski definition) is 2. The Bertz CT molecular complexity index is 461. The van der Waals surface area contributed by atoms with E-state index in [1.165, 1.54) is 6.07 Å². The number of primary amides is 1. The summed E-state index contributed by atoms with van der Waals surface area (Å²) >= 11 is 0. The predicted molar refractivity (Wildman–Crippen MR) is 58.6 cm³/mol. The first-order chi connectivity index (χ1) is 7.63. The van der Waals surface area contributed by atoms with E-state index < -0.39 is 11.7 Å². The lowest BCUT2D eigenvalue weighted by molar-refractivity contribution is -0.117. The second kappa shape index (κ2) is 5.66. The highest BCUT2D eigenvalue weighted by Gasteiger charge is 2.01. The van der Waals surface area contributed by atoms with E-state index in [1.807, 2.05) is 6.07 Å². The van der Waals surface area contributed by atoms with Crippen molar-refractivity contribution in [1.29, 1.82) is 5.26 Å². The molecule has 0 heterocycles. The molecule has 0 atom stereocenters. The average molecular weight is 218 g/mol. The minimum absolute atomic E-state index is 0.0527. The third-order valence-corrected chi connectivity index (χ3v) is 1.98. The molecule has 0 bridgehead atoms. The molecule has 1 rings (SSSR count). The Morgan fingerprint density at radius 1 is 1.56 bits per heavy atom. The van der Waals surface area contributed by atoms with Gasteiger partial charge in [-0.25, -0.2) is 4.39 Å². The summed E-state index contributed by atoms with van der Waals surface area (Å²) in [4.78, 5) is 10.5. The van der Waals surface area contributed by atoms with Crippen molar-refractivity contribution in [3.63, 3.8) is 0 Å². The van der Waals surface area contributed by atoms with Crippen LogP contribution in [-0.2, 0) is 11.2 Å². The minimum Gasteiger partial charge on any atom is -0.369 e. The van der Waals surface area contributed by atoms with E-state index in [2.05, 4.69) is 0 Å². The van der Waals surface area contributed by atoms with Gasteiger partial charge in [-0.15, -0.1) is 0 Å². The van der Waals surface area contributed by atoms with Crippen molar-refractivity contribution in [1.82, 2.24) is 0 Å². The second-order valence-electron chi connectivity index (χ2n) is 3.26. The molecular formula is C12H11FN2O. The predicted octanol–water partition coefficient (Wildman–Crippen LogP) is 1.78. The fourth-order valence-electron chi connectivity index (χ4n) is 1.21. The molecule has 0 saturated heterocycles. The largest absolute Gasteiger partial charge is 0.369 e. The first-order valence-electron chi connectivity index (χ1n) is 4.73. The number of nitrogens with two attached hydrogens (primary N) is 1. The SMILES string of the molecule is N#CCc1ccc(C=CCC(N)=O)cc1F. The van der Waals surface area contributed by atoms with Gasteiger partial charge in [-0.2, -0.15) is 5.26 Å². The summed E-state index contributed by atoms with van der Waals surface area (Å²) in [6.45, 7) is 0.